The van der Waals surface area contributed by atoms with Gasteiger partial charge in [0.05, 0.1) is 24.8 Å². The molecule has 9 aromatic rings. The first-order chi connectivity index (χ1) is 48.0. The Kier molecular flexibility index (Phi) is 18.6. The summed E-state index contributed by atoms with van der Waals surface area (Å²) in [7, 11) is 3.31. The number of carbonyl (C=O) groups excluding carboxylic acids is 3. The van der Waals surface area contributed by atoms with E-state index >= 15 is 0 Å². The normalized spacial score (nSPS) is 21.1. The highest BCUT2D eigenvalue weighted by molar-refractivity contribution is 9.10. The van der Waals surface area contributed by atoms with Crippen molar-refractivity contribution in [3.8, 4) is 45.6 Å². The maximum atomic E-state index is 13.5. The van der Waals surface area contributed by atoms with Crippen molar-refractivity contribution in [2.45, 2.75) is 54.2 Å². The summed E-state index contributed by atoms with van der Waals surface area (Å²) in [6.07, 6.45) is -0.646. The first kappa shape index (κ1) is 67.9. The number of halogens is 4. The smallest absolute Gasteiger partial charge is 0.485 e. The maximum absolute atomic E-state index is 13.5. The second kappa shape index (κ2) is 27.4. The summed E-state index contributed by atoms with van der Waals surface area (Å²) in [4.78, 5) is 64.6. The Hall–Kier alpha value is -12.1. The van der Waals surface area contributed by atoms with E-state index in [-0.39, 0.29) is 65.9 Å². The molecule has 25 heteroatoms. The number of nitrogens with zero attached hydrogens (tertiary/aromatic N) is 9. The molecular weight excluding hydrogens is 1340 g/mol. The van der Waals surface area contributed by atoms with Crippen molar-refractivity contribution in [2.75, 3.05) is 21.1 Å². The minimum Gasteiger partial charge on any atom is -0.485 e. The van der Waals surface area contributed by atoms with Gasteiger partial charge in [-0.3, -0.25) is 29.1 Å². The van der Waals surface area contributed by atoms with Crippen LogP contribution in [-0.2, 0) is 31.0 Å². The number of rotatable bonds is 6. The molecule has 6 aliphatic rings. The van der Waals surface area contributed by atoms with Crippen LogP contribution in [0.5, 0.6) is 17.2 Å². The van der Waals surface area contributed by atoms with Crippen molar-refractivity contribution in [3.05, 3.63) is 284 Å². The second-order valence-corrected chi connectivity index (χ2v) is 25.1. The van der Waals surface area contributed by atoms with Crippen LogP contribution in [0.2, 0.25) is 0 Å². The van der Waals surface area contributed by atoms with Crippen LogP contribution in [0.3, 0.4) is 0 Å². The monoisotopic (exact) mass is 1400 g/mol. The molecule has 498 valence electrons. The van der Waals surface area contributed by atoms with E-state index in [1.165, 1.54) is 57.2 Å². The second-order valence-electron chi connectivity index (χ2n) is 24.2. The number of amides is 3. The van der Waals surface area contributed by atoms with Gasteiger partial charge in [-0.05, 0) is 148 Å². The van der Waals surface area contributed by atoms with E-state index in [2.05, 4.69) is 40.6 Å². The number of carbonyl (C=O) groups is 3. The zero-order valence-electron chi connectivity index (χ0n) is 53.6. The minimum atomic E-state index is -1.50. The lowest BCUT2D eigenvalue weighted by Crippen LogP contribution is -2.43. The number of benzene rings is 9. The number of likely N-dealkylation sites (N-methyl/N-ethyl adjacent to an activating group) is 3. The van der Waals surface area contributed by atoms with Gasteiger partial charge >= 0.3 is 7.12 Å². The molecule has 6 aliphatic heterocycles. The van der Waals surface area contributed by atoms with Gasteiger partial charge in [0.15, 0.2) is 45.9 Å². The van der Waals surface area contributed by atoms with E-state index in [4.69, 9.17) is 59.9 Å². The molecule has 15 rings (SSSR count). The van der Waals surface area contributed by atoms with Crippen molar-refractivity contribution in [1.82, 2.24) is 14.7 Å². The Balaban J connectivity index is 0.000000133. The van der Waals surface area contributed by atoms with E-state index in [0.29, 0.717) is 62.8 Å². The van der Waals surface area contributed by atoms with Crippen LogP contribution in [0.1, 0.15) is 76.5 Å². The molecule has 0 aliphatic carbocycles. The molecular formula is C75H59BBrF3N12O8. The predicted octanol–water partition coefficient (Wildman–Crippen LogP) is 11.4. The van der Waals surface area contributed by atoms with Gasteiger partial charge in [0, 0.05) is 61.6 Å². The summed E-state index contributed by atoms with van der Waals surface area (Å²) in [6, 6.07) is 57.4. The van der Waals surface area contributed by atoms with Crippen LogP contribution in [0.25, 0.3) is 31.9 Å². The third-order valence-electron chi connectivity index (χ3n) is 18.1. The van der Waals surface area contributed by atoms with Gasteiger partial charge in [-0.2, -0.15) is 5.26 Å². The first-order valence-electron chi connectivity index (χ1n) is 31.0. The number of nitrogens with two attached hydrogens (primary N) is 3. The fraction of sp³-hybridized carbons (Fsp3) is 0.160. The van der Waals surface area contributed by atoms with Crippen molar-refractivity contribution < 1.29 is 51.8 Å². The van der Waals surface area contributed by atoms with Gasteiger partial charge in [0.25, 0.3) is 17.7 Å². The maximum Gasteiger partial charge on any atom is 0.488 e. The summed E-state index contributed by atoms with van der Waals surface area (Å²) in [5, 5.41) is 25.8. The Labute approximate surface area is 581 Å². The van der Waals surface area contributed by atoms with Crippen LogP contribution in [0.15, 0.2) is 220 Å². The quantitative estimate of drug-likeness (QED) is 0.0768. The fourth-order valence-electron chi connectivity index (χ4n) is 12.8. The molecule has 8 N–H and O–H groups in total. The molecule has 3 amide bonds. The van der Waals surface area contributed by atoms with Crippen molar-refractivity contribution in [3.63, 3.8) is 0 Å². The molecule has 100 heavy (non-hydrogen) atoms. The molecule has 0 bridgehead atoms. The standard InChI is InChI=1S/2C25H19FN4O2.C18H15BrFN3O2.C7H6BNO2/c2*1-28-19-5-3-4-16(12-19)17-8-11-21-20(13-17)25(23(31)30(2)24(27)29-25)14-22(32-21)15-6-9-18(26)10-7-15;1-23-16(24)18(22-17(23)21)9-15(10-2-5-12(20)6-3-10)25-14-7-4-11(19)8-13(14)18;9-5-6-2-1-3-7(4-6)8(10)11/h2*3-13,22H,14H2,2H3,(H2,27,29);2-8,15H,9H2,1H3,(H2,21,22);1-4,10-11H/t22-,25+;;;/m0.../s1. The largest absolute Gasteiger partial charge is 0.488 e. The van der Waals surface area contributed by atoms with Gasteiger partial charge in [0.2, 0.25) is 0 Å². The number of guanidine groups is 3. The number of hydrogen-bond donors (Lipinski definition) is 5. The van der Waals surface area contributed by atoms with Gasteiger partial charge in [-0.1, -0.05) is 113 Å². The topological polar surface area (TPSA) is 277 Å². The molecule has 6 heterocycles. The van der Waals surface area contributed by atoms with Gasteiger partial charge in [-0.15, -0.1) is 0 Å². The molecule has 0 radical (unpaired) electrons. The van der Waals surface area contributed by atoms with E-state index in [9.17, 15) is 27.6 Å². The zero-order chi connectivity index (χ0) is 70.9. The van der Waals surface area contributed by atoms with Crippen LogP contribution in [0, 0.1) is 41.9 Å². The van der Waals surface area contributed by atoms with E-state index in [1.54, 1.807) is 106 Å². The fourth-order valence-corrected chi connectivity index (χ4v) is 13.2. The highest BCUT2D eigenvalue weighted by atomic mass is 79.9. The molecule has 0 saturated carbocycles. The third-order valence-corrected chi connectivity index (χ3v) is 18.6. The Morgan fingerprint density at radius 1 is 0.500 bits per heavy atom. The highest BCUT2D eigenvalue weighted by Gasteiger charge is 2.56. The van der Waals surface area contributed by atoms with E-state index < -0.39 is 42.0 Å². The first-order valence-corrected chi connectivity index (χ1v) is 31.8. The molecule has 20 nitrogen and oxygen atoms in total. The number of fused-ring (bicyclic) bond motifs is 6. The van der Waals surface area contributed by atoms with Crippen LogP contribution >= 0.6 is 15.9 Å². The highest BCUT2D eigenvalue weighted by Crippen LogP contribution is 2.54. The molecule has 0 fully saturated rings. The van der Waals surface area contributed by atoms with Gasteiger partial charge in [0.1, 0.15) is 53.0 Å². The lowest BCUT2D eigenvalue weighted by molar-refractivity contribution is -0.133. The number of aliphatic imine (C=N–C) groups is 3. The van der Waals surface area contributed by atoms with Crippen molar-refractivity contribution in [1.29, 1.82) is 5.26 Å². The number of hydrogen-bond acceptors (Lipinski definition) is 15. The Morgan fingerprint density at radius 3 is 1.17 bits per heavy atom. The summed E-state index contributed by atoms with van der Waals surface area (Å²) in [5.74, 6) is 0.401. The molecule has 4 unspecified atom stereocenters. The van der Waals surface area contributed by atoms with Crippen LogP contribution in [-0.4, -0.2) is 88.6 Å². The molecule has 0 saturated heterocycles. The van der Waals surface area contributed by atoms with Gasteiger partial charge in [-0.25, -0.2) is 37.8 Å². The lowest BCUT2D eigenvalue weighted by Gasteiger charge is -2.37. The summed E-state index contributed by atoms with van der Waals surface area (Å²) in [5.41, 5.74) is 23.9. The molecule has 0 aromatic heterocycles. The van der Waals surface area contributed by atoms with Crippen LogP contribution < -0.4 is 36.9 Å². The summed E-state index contributed by atoms with van der Waals surface area (Å²) in [6.45, 7) is 14.5. The van der Waals surface area contributed by atoms with Gasteiger partial charge < -0.3 is 41.5 Å². The minimum absolute atomic E-state index is 0.140. The SMILES string of the molecule is CN1C(=O)C2(CC(c3ccc(F)cc3)Oc3ccc(Br)cc32)N=C1N.N#Cc1cccc(B(O)O)c1.[C-]#[N+]c1cccc(-c2ccc3c(c2)C2(CC(c4ccc(F)cc4)O3)N=C(N)N(C)C2=O)c1.[C-]#[N+]c1cccc(-c2ccc3c(c2)[C@@]2(C[C@@H](c4ccc(F)cc4)O3)N=C(N)N(C)C2=O)c1. The summed E-state index contributed by atoms with van der Waals surface area (Å²) >= 11 is 3.44. The molecule has 6 atom stereocenters. The van der Waals surface area contributed by atoms with Crippen LogP contribution in [0.4, 0.5) is 24.5 Å². The number of nitriles is 1. The third kappa shape index (κ3) is 12.9. The predicted molar refractivity (Wildman–Crippen MR) is 373 cm³/mol. The number of ether oxygens (including phenoxy) is 3. The van der Waals surface area contributed by atoms with Crippen molar-refractivity contribution >= 4 is 75.5 Å². The molecule has 9 aromatic carbocycles. The van der Waals surface area contributed by atoms with E-state index in [1.807, 2.05) is 78.9 Å². The zero-order valence-corrected chi connectivity index (χ0v) is 55.2. The summed E-state index contributed by atoms with van der Waals surface area (Å²) < 4.78 is 59.6. The van der Waals surface area contributed by atoms with E-state index in [0.717, 1.165) is 43.4 Å². The molecule has 3 spiro atoms. The average molecular weight is 1400 g/mol. The Morgan fingerprint density at radius 2 is 0.840 bits per heavy atom. The average Bonchev–Trinajstić information content (AvgIpc) is 1.51. The Bertz CT molecular complexity index is 4780. The lowest BCUT2D eigenvalue weighted by atomic mass is 9.79. The van der Waals surface area contributed by atoms with Crippen molar-refractivity contribution in [2.24, 2.45) is 32.2 Å².